The van der Waals surface area contributed by atoms with Crippen molar-refractivity contribution in [3.63, 3.8) is 0 Å². The molecule has 2 aliphatic rings. The van der Waals surface area contributed by atoms with E-state index in [0.717, 1.165) is 11.1 Å². The lowest BCUT2D eigenvalue weighted by Crippen LogP contribution is -2.72. The molecule has 3 aromatic rings. The van der Waals surface area contributed by atoms with Crippen LogP contribution in [0.1, 0.15) is 29.7 Å². The average Bonchev–Trinajstić information content (AvgIpc) is 2.81. The van der Waals surface area contributed by atoms with Crippen LogP contribution in [0.5, 0.6) is 11.5 Å². The van der Waals surface area contributed by atoms with E-state index in [1.165, 1.54) is 4.90 Å². The van der Waals surface area contributed by atoms with Gasteiger partial charge in [0.1, 0.15) is 5.92 Å². The van der Waals surface area contributed by atoms with Gasteiger partial charge in [0.05, 0.1) is 13.2 Å². The van der Waals surface area contributed by atoms with E-state index in [4.69, 9.17) is 21.1 Å². The van der Waals surface area contributed by atoms with Gasteiger partial charge in [-0.25, -0.2) is 4.79 Å². The van der Waals surface area contributed by atoms with Crippen LogP contribution in [-0.4, -0.2) is 24.8 Å². The first kappa shape index (κ1) is 23.1. The summed E-state index contributed by atoms with van der Waals surface area (Å²) in [6.45, 7) is 5.71. The van der Waals surface area contributed by atoms with Crippen molar-refractivity contribution >= 4 is 34.9 Å². The molecule has 1 fully saturated rings. The van der Waals surface area contributed by atoms with Gasteiger partial charge in [0.15, 0.2) is 11.5 Å². The highest BCUT2D eigenvalue weighted by Crippen LogP contribution is 2.52. The molecule has 0 aliphatic carbocycles. The second-order valence-corrected chi connectivity index (χ2v) is 9.50. The number of aryl methyl sites for hydroxylation is 2. The van der Waals surface area contributed by atoms with Crippen molar-refractivity contribution in [2.45, 2.75) is 32.5 Å². The van der Waals surface area contributed by atoms with E-state index in [9.17, 15) is 9.59 Å². The quantitative estimate of drug-likeness (QED) is 0.498. The topological polar surface area (TPSA) is 79.9 Å². The Bertz CT molecular complexity index is 1330. The fourth-order valence-corrected chi connectivity index (χ4v) is 5.20. The lowest BCUT2D eigenvalue weighted by molar-refractivity contribution is -0.131. The largest absolute Gasteiger partial charge is 0.493 e. The van der Waals surface area contributed by atoms with Gasteiger partial charge in [-0.3, -0.25) is 9.69 Å². The van der Waals surface area contributed by atoms with E-state index in [0.29, 0.717) is 33.5 Å². The van der Waals surface area contributed by atoms with Crippen molar-refractivity contribution in [1.29, 1.82) is 0 Å². The molecule has 2 N–H and O–H groups in total. The number of fused-ring (bicyclic) bond motifs is 4. The van der Waals surface area contributed by atoms with E-state index in [-0.39, 0.29) is 11.9 Å². The normalized spacial score (nSPS) is 22.5. The number of nitrogens with zero attached hydrogens (tertiary/aromatic N) is 1. The molecule has 2 heterocycles. The van der Waals surface area contributed by atoms with Gasteiger partial charge in [-0.1, -0.05) is 41.4 Å². The second-order valence-electron chi connectivity index (χ2n) is 9.06. The number of hydrogen-bond donors (Lipinski definition) is 2. The van der Waals surface area contributed by atoms with Crippen LogP contribution in [0.15, 0.2) is 60.7 Å². The second kappa shape index (κ2) is 8.50. The Morgan fingerprint density at radius 2 is 1.89 bits per heavy atom. The van der Waals surface area contributed by atoms with Crippen molar-refractivity contribution in [3.05, 3.63) is 82.4 Å². The highest BCUT2D eigenvalue weighted by molar-refractivity contribution is 6.30. The molecule has 3 unspecified atom stereocenters. The van der Waals surface area contributed by atoms with Crippen LogP contribution in [0, 0.1) is 19.8 Å². The van der Waals surface area contributed by atoms with Crippen molar-refractivity contribution in [2.24, 2.45) is 5.92 Å². The molecule has 2 aliphatic heterocycles. The fraction of sp³-hybridized carbons (Fsp3) is 0.259. The molecule has 0 radical (unpaired) electrons. The summed E-state index contributed by atoms with van der Waals surface area (Å²) < 4.78 is 12.1. The number of carbonyl (C=O) groups is 2. The van der Waals surface area contributed by atoms with E-state index >= 15 is 0 Å². The van der Waals surface area contributed by atoms with Crippen LogP contribution in [0.2, 0.25) is 5.02 Å². The van der Waals surface area contributed by atoms with E-state index in [1.54, 1.807) is 44.4 Å². The third kappa shape index (κ3) is 3.76. The molecule has 8 heteroatoms. The first-order valence-corrected chi connectivity index (χ1v) is 11.7. The molecule has 3 amide bonds. The van der Waals surface area contributed by atoms with Gasteiger partial charge >= 0.3 is 6.03 Å². The van der Waals surface area contributed by atoms with Crippen LogP contribution >= 0.6 is 11.6 Å². The summed E-state index contributed by atoms with van der Waals surface area (Å²) in [6, 6.07) is 17.2. The number of urea groups is 1. The summed E-state index contributed by atoms with van der Waals surface area (Å²) in [5.74, 6) is -0.0238. The first-order valence-electron chi connectivity index (χ1n) is 11.3. The van der Waals surface area contributed by atoms with Gasteiger partial charge in [0.25, 0.3) is 0 Å². The number of benzene rings is 3. The molecule has 3 aromatic carbocycles. The molecule has 5 rings (SSSR count). The minimum Gasteiger partial charge on any atom is -0.493 e. The molecule has 180 valence electrons. The average molecular weight is 492 g/mol. The summed E-state index contributed by atoms with van der Waals surface area (Å²) in [6.07, 6.45) is 0. The molecular formula is C27H26ClN3O4. The van der Waals surface area contributed by atoms with Crippen molar-refractivity contribution in [3.8, 4) is 11.5 Å². The number of amides is 3. The van der Waals surface area contributed by atoms with Crippen LogP contribution in [0.3, 0.4) is 0 Å². The Hall–Kier alpha value is -3.71. The van der Waals surface area contributed by atoms with Crippen LogP contribution in [0.4, 0.5) is 16.2 Å². The molecule has 2 bridgehead atoms. The van der Waals surface area contributed by atoms with E-state index in [2.05, 4.69) is 10.6 Å². The zero-order valence-electron chi connectivity index (χ0n) is 19.9. The molecule has 0 spiro atoms. The van der Waals surface area contributed by atoms with Gasteiger partial charge in [-0.15, -0.1) is 0 Å². The van der Waals surface area contributed by atoms with Gasteiger partial charge in [0, 0.05) is 22.0 Å². The first-order chi connectivity index (χ1) is 16.7. The number of anilines is 2. The van der Waals surface area contributed by atoms with Crippen LogP contribution in [0.25, 0.3) is 0 Å². The number of halogens is 1. The maximum absolute atomic E-state index is 13.9. The zero-order chi connectivity index (χ0) is 24.9. The Balaban J connectivity index is 1.64. The maximum Gasteiger partial charge on any atom is 0.325 e. The van der Waals surface area contributed by atoms with E-state index in [1.807, 2.05) is 44.2 Å². The number of methoxy groups -OCH3 is 1. The fourth-order valence-electron chi connectivity index (χ4n) is 5.07. The highest BCUT2D eigenvalue weighted by atomic mass is 35.5. The van der Waals surface area contributed by atoms with E-state index < -0.39 is 17.7 Å². The predicted molar refractivity (Wildman–Crippen MR) is 135 cm³/mol. The van der Waals surface area contributed by atoms with Gasteiger partial charge in [-0.2, -0.15) is 0 Å². The van der Waals surface area contributed by atoms with Crippen LogP contribution < -0.4 is 25.0 Å². The summed E-state index contributed by atoms with van der Waals surface area (Å²) >= 11 is 6.10. The molecular weight excluding hydrogens is 466 g/mol. The maximum atomic E-state index is 13.9. The monoisotopic (exact) mass is 491 g/mol. The van der Waals surface area contributed by atoms with Crippen molar-refractivity contribution < 1.29 is 19.1 Å². The molecule has 0 saturated carbocycles. The number of carbonyl (C=O) groups excluding carboxylic acids is 2. The lowest BCUT2D eigenvalue weighted by atomic mass is 9.78. The minimum absolute atomic E-state index is 0.267. The minimum atomic E-state index is -1.36. The predicted octanol–water partition coefficient (Wildman–Crippen LogP) is 5.60. The van der Waals surface area contributed by atoms with Gasteiger partial charge in [-0.05, 0) is 62.7 Å². The van der Waals surface area contributed by atoms with Crippen molar-refractivity contribution in [1.82, 2.24) is 5.32 Å². The number of para-hydroxylation sites is 1. The molecule has 7 nitrogen and oxygen atoms in total. The van der Waals surface area contributed by atoms with Gasteiger partial charge < -0.3 is 20.1 Å². The van der Waals surface area contributed by atoms with Crippen LogP contribution in [-0.2, 0) is 4.79 Å². The Morgan fingerprint density at radius 3 is 2.57 bits per heavy atom. The number of rotatable bonds is 4. The number of ether oxygens (including phenoxy) is 2. The molecule has 3 atom stereocenters. The highest BCUT2D eigenvalue weighted by Gasteiger charge is 2.60. The summed E-state index contributed by atoms with van der Waals surface area (Å²) in [4.78, 5) is 28.8. The molecule has 0 aromatic heterocycles. The summed E-state index contributed by atoms with van der Waals surface area (Å²) in [5, 5.41) is 6.65. The Morgan fingerprint density at radius 1 is 1.14 bits per heavy atom. The zero-order valence-corrected chi connectivity index (χ0v) is 20.6. The standard InChI is InChI=1S/C27H26ClN3O4/c1-15-8-13-20(16(2)14-15)29-25(32)22-23-19-6-5-7-21(34-4)24(19)35-27(22,3)31(26(33)30-23)18-11-9-17(28)10-12-18/h5-14,22-23H,1-4H3,(H,29,32)(H,30,33). The summed E-state index contributed by atoms with van der Waals surface area (Å²) in [7, 11) is 1.56. The SMILES string of the molecule is COc1cccc2c1OC1(C)C(C(=O)Nc3ccc(C)cc3C)C2NC(=O)N1c1ccc(Cl)cc1. The third-order valence-electron chi connectivity index (χ3n) is 6.72. The summed E-state index contributed by atoms with van der Waals surface area (Å²) in [5.41, 5.74) is 2.65. The lowest BCUT2D eigenvalue weighted by Gasteiger charge is -2.54. The smallest absolute Gasteiger partial charge is 0.325 e. The molecule has 35 heavy (non-hydrogen) atoms. The number of hydrogen-bond acceptors (Lipinski definition) is 4. The Labute approximate surface area is 209 Å². The van der Waals surface area contributed by atoms with Gasteiger partial charge in [0.2, 0.25) is 11.6 Å². The molecule has 1 saturated heterocycles. The van der Waals surface area contributed by atoms with Crippen molar-refractivity contribution in [2.75, 3.05) is 17.3 Å². The number of nitrogens with one attached hydrogen (secondary N) is 2. The third-order valence-corrected chi connectivity index (χ3v) is 6.97. The Kier molecular flexibility index (Phi) is 5.60.